The van der Waals surface area contributed by atoms with E-state index in [1.807, 2.05) is 6.92 Å². The van der Waals surface area contributed by atoms with Crippen LogP contribution < -0.4 is 0 Å². The molecule has 1 aromatic heterocycles. The highest BCUT2D eigenvalue weighted by molar-refractivity contribution is 6.04. The molecule has 0 unspecified atom stereocenters. The van der Waals surface area contributed by atoms with Crippen LogP contribution in [-0.2, 0) is 12.8 Å². The molecule has 33 heavy (non-hydrogen) atoms. The average molecular weight is 446 g/mol. The molecule has 1 amide bonds. The van der Waals surface area contributed by atoms with E-state index in [1.54, 1.807) is 0 Å². The van der Waals surface area contributed by atoms with Crippen LogP contribution in [0.5, 0.6) is 0 Å². The second kappa shape index (κ2) is 8.43. The molecule has 174 valence electrons. The number of piperidine rings is 3. The van der Waals surface area contributed by atoms with Crippen molar-refractivity contribution in [3.63, 3.8) is 0 Å². The van der Waals surface area contributed by atoms with Crippen molar-refractivity contribution in [1.82, 2.24) is 14.8 Å². The number of aromatic nitrogens is 1. The fourth-order valence-electron chi connectivity index (χ4n) is 7.33. The maximum atomic E-state index is 13.6. The normalized spacial score (nSPS) is 29.5. The number of carbonyl (C=O) groups excluding carboxylic acids is 2. The minimum atomic E-state index is 0.106. The Labute approximate surface area is 196 Å². The Bertz CT molecular complexity index is 1060. The Morgan fingerprint density at radius 3 is 2.73 bits per heavy atom. The first-order valence-electron chi connectivity index (χ1n) is 12.9. The Morgan fingerprint density at radius 2 is 1.91 bits per heavy atom. The second-order valence-electron chi connectivity index (χ2n) is 10.9. The van der Waals surface area contributed by atoms with Crippen LogP contribution in [0.3, 0.4) is 0 Å². The first-order chi connectivity index (χ1) is 16.1. The van der Waals surface area contributed by atoms with Crippen molar-refractivity contribution in [3.05, 3.63) is 58.4 Å². The maximum Gasteiger partial charge on any atom is 0.270 e. The molecule has 3 fully saturated rings. The Kier molecular flexibility index (Phi) is 5.40. The minimum absolute atomic E-state index is 0.106. The van der Waals surface area contributed by atoms with E-state index >= 15 is 0 Å². The van der Waals surface area contributed by atoms with Crippen LogP contribution in [-0.4, -0.2) is 58.2 Å². The number of H-pyrrole nitrogens is 1. The number of nitrogens with one attached hydrogen (secondary N) is 1. The molecule has 0 radical (unpaired) electrons. The molecule has 0 saturated carbocycles. The second-order valence-corrected chi connectivity index (χ2v) is 10.9. The van der Waals surface area contributed by atoms with Gasteiger partial charge in [-0.05, 0) is 68.4 Å². The summed E-state index contributed by atoms with van der Waals surface area (Å²) in [4.78, 5) is 34.3. The Morgan fingerprint density at radius 1 is 1.06 bits per heavy atom. The van der Waals surface area contributed by atoms with Crippen molar-refractivity contribution >= 4 is 11.7 Å². The Hall–Kier alpha value is -2.40. The molecule has 1 aliphatic carbocycles. The summed E-state index contributed by atoms with van der Waals surface area (Å²) in [5.41, 5.74) is 4.75. The average Bonchev–Trinajstić information content (AvgIpc) is 3.17. The highest BCUT2D eigenvalue weighted by Gasteiger charge is 2.45. The fourth-order valence-corrected chi connectivity index (χ4v) is 7.33. The van der Waals surface area contributed by atoms with Crippen LogP contribution in [0.1, 0.15) is 76.2 Å². The molecule has 1 aromatic carbocycles. The zero-order valence-electron chi connectivity index (χ0n) is 19.7. The van der Waals surface area contributed by atoms with E-state index in [1.165, 1.54) is 31.2 Å². The molecule has 5 nitrogen and oxygen atoms in total. The van der Waals surface area contributed by atoms with Crippen molar-refractivity contribution in [2.45, 2.75) is 70.4 Å². The maximum absolute atomic E-state index is 13.6. The zero-order chi connectivity index (χ0) is 22.5. The summed E-state index contributed by atoms with van der Waals surface area (Å²) in [6.07, 6.45) is 8.59. The van der Waals surface area contributed by atoms with Crippen LogP contribution in [0.4, 0.5) is 0 Å². The van der Waals surface area contributed by atoms with Crippen LogP contribution >= 0.6 is 0 Å². The largest absolute Gasteiger partial charge is 0.354 e. The molecule has 4 aliphatic rings. The quantitative estimate of drug-likeness (QED) is 0.762. The highest BCUT2D eigenvalue weighted by atomic mass is 16.2. The molecular weight excluding hydrogens is 410 g/mol. The van der Waals surface area contributed by atoms with E-state index in [0.717, 1.165) is 55.7 Å². The molecule has 3 saturated heterocycles. The smallest absolute Gasteiger partial charge is 0.270 e. The highest BCUT2D eigenvalue weighted by Crippen LogP contribution is 2.41. The number of carbonyl (C=O) groups is 2. The van der Waals surface area contributed by atoms with Crippen LogP contribution in [0, 0.1) is 18.8 Å². The van der Waals surface area contributed by atoms with Crippen LogP contribution in [0.2, 0.25) is 0 Å². The van der Waals surface area contributed by atoms with Gasteiger partial charge >= 0.3 is 0 Å². The fraction of sp³-hybridized carbons (Fsp3) is 0.571. The summed E-state index contributed by atoms with van der Waals surface area (Å²) < 4.78 is 0. The van der Waals surface area contributed by atoms with Gasteiger partial charge in [-0.15, -0.1) is 0 Å². The zero-order valence-corrected chi connectivity index (χ0v) is 19.7. The predicted molar refractivity (Wildman–Crippen MR) is 129 cm³/mol. The lowest BCUT2D eigenvalue weighted by atomic mass is 9.74. The number of nitrogens with zero attached hydrogens (tertiary/aromatic N) is 2. The topological polar surface area (TPSA) is 56.4 Å². The SMILES string of the molecule is Cc1c(C(=O)N2C[C@@H]3C[C@H](C2)[C@@H]2CCC[C@H](Cc4ccccc4)N2C3)[nH]c2c1C(=O)CCC2. The molecule has 2 aromatic rings. The number of ketones is 1. The first-order valence-corrected chi connectivity index (χ1v) is 12.9. The lowest BCUT2D eigenvalue weighted by molar-refractivity contribution is -0.0499. The van der Waals surface area contributed by atoms with Gasteiger partial charge in [-0.25, -0.2) is 0 Å². The van der Waals surface area contributed by atoms with Gasteiger partial charge in [0.15, 0.2) is 5.78 Å². The van der Waals surface area contributed by atoms with Crippen molar-refractivity contribution < 1.29 is 9.59 Å². The number of hydrogen-bond donors (Lipinski definition) is 1. The van der Waals surface area contributed by atoms with Crippen molar-refractivity contribution in [2.75, 3.05) is 19.6 Å². The standard InChI is InChI=1S/C28H35N3O2/c1-18-26-23(10-6-12-25(26)32)29-27(18)28(33)30-15-20-13-21(17-30)24-11-5-9-22(31(24)16-20)14-19-7-3-2-4-8-19/h2-4,7-8,20-22,24,29H,5-6,9-17H2,1H3/t20-,21+,22+,24-/m0/s1. The number of likely N-dealkylation sites (tertiary alicyclic amines) is 1. The van der Waals surface area contributed by atoms with E-state index < -0.39 is 0 Å². The summed E-state index contributed by atoms with van der Waals surface area (Å²) in [5.74, 6) is 1.41. The number of fused-ring (bicyclic) bond motifs is 5. The lowest BCUT2D eigenvalue weighted by Crippen LogP contribution is -2.62. The number of aryl methyl sites for hydroxylation is 1. The minimum Gasteiger partial charge on any atom is -0.354 e. The van der Waals surface area contributed by atoms with Crippen molar-refractivity contribution in [3.8, 4) is 0 Å². The summed E-state index contributed by atoms with van der Waals surface area (Å²) >= 11 is 0. The molecule has 1 N–H and O–H groups in total. The predicted octanol–water partition coefficient (Wildman–Crippen LogP) is 4.40. The molecule has 4 atom stereocenters. The van der Waals surface area contributed by atoms with Gasteiger partial charge in [0, 0.05) is 49.4 Å². The number of rotatable bonds is 3. The molecule has 4 heterocycles. The van der Waals surface area contributed by atoms with E-state index in [2.05, 4.69) is 45.1 Å². The van der Waals surface area contributed by atoms with Gasteiger partial charge in [0.05, 0.1) is 0 Å². The van der Waals surface area contributed by atoms with E-state index in [0.29, 0.717) is 36.0 Å². The molecule has 5 heteroatoms. The van der Waals surface area contributed by atoms with Gasteiger partial charge < -0.3 is 9.88 Å². The summed E-state index contributed by atoms with van der Waals surface area (Å²) in [6.45, 7) is 4.76. The number of hydrogen-bond acceptors (Lipinski definition) is 3. The monoisotopic (exact) mass is 445 g/mol. The third-order valence-electron chi connectivity index (χ3n) is 8.77. The molecule has 3 aliphatic heterocycles. The van der Waals surface area contributed by atoms with Crippen molar-refractivity contribution in [2.24, 2.45) is 11.8 Å². The van der Waals surface area contributed by atoms with Gasteiger partial charge in [-0.1, -0.05) is 36.8 Å². The van der Waals surface area contributed by atoms with Gasteiger partial charge in [0.1, 0.15) is 5.69 Å². The van der Waals surface area contributed by atoms with Gasteiger partial charge in [-0.2, -0.15) is 0 Å². The van der Waals surface area contributed by atoms with Gasteiger partial charge in [0.2, 0.25) is 0 Å². The summed E-state index contributed by atoms with van der Waals surface area (Å²) in [6, 6.07) is 12.1. The molecule has 0 spiro atoms. The molecule has 2 bridgehead atoms. The number of Topliss-reactive ketones (excluding diaryl/α,β-unsaturated/α-hetero) is 1. The Balaban J connectivity index is 1.20. The molecular formula is C28H35N3O2. The van der Waals surface area contributed by atoms with Gasteiger partial charge in [-0.3, -0.25) is 14.5 Å². The number of aromatic amines is 1. The summed E-state index contributed by atoms with van der Waals surface area (Å²) in [7, 11) is 0. The lowest BCUT2D eigenvalue weighted by Gasteiger charge is -2.55. The van der Waals surface area contributed by atoms with E-state index in [-0.39, 0.29) is 11.7 Å². The third kappa shape index (κ3) is 3.74. The van der Waals surface area contributed by atoms with Crippen LogP contribution in [0.15, 0.2) is 30.3 Å². The van der Waals surface area contributed by atoms with Crippen molar-refractivity contribution in [1.29, 1.82) is 0 Å². The first kappa shape index (κ1) is 21.2. The van der Waals surface area contributed by atoms with E-state index in [4.69, 9.17) is 0 Å². The summed E-state index contributed by atoms with van der Waals surface area (Å²) in [5, 5.41) is 0. The number of amides is 1. The van der Waals surface area contributed by atoms with Crippen LogP contribution in [0.25, 0.3) is 0 Å². The molecule has 6 rings (SSSR count). The van der Waals surface area contributed by atoms with Gasteiger partial charge in [0.25, 0.3) is 5.91 Å². The number of benzene rings is 1. The van der Waals surface area contributed by atoms with E-state index in [9.17, 15) is 9.59 Å². The third-order valence-corrected chi connectivity index (χ3v) is 8.77.